The first-order chi connectivity index (χ1) is 12.6. The summed E-state index contributed by atoms with van der Waals surface area (Å²) in [5, 5.41) is 5.53. The highest BCUT2D eigenvalue weighted by molar-refractivity contribution is 6.04. The summed E-state index contributed by atoms with van der Waals surface area (Å²) < 4.78 is 5.18. The first-order valence-electron chi connectivity index (χ1n) is 9.22. The number of amides is 4. The molecule has 1 aromatic heterocycles. The van der Waals surface area contributed by atoms with Crippen LogP contribution in [-0.4, -0.2) is 35.3 Å². The molecule has 2 heterocycles. The van der Waals surface area contributed by atoms with Crippen molar-refractivity contribution in [3.05, 3.63) is 35.8 Å². The van der Waals surface area contributed by atoms with E-state index < -0.39 is 12.1 Å². The van der Waals surface area contributed by atoms with Gasteiger partial charge in [-0.2, -0.15) is 0 Å². The lowest BCUT2D eigenvalue weighted by Gasteiger charge is -2.13. The molecule has 1 saturated heterocycles. The third-order valence-corrected chi connectivity index (χ3v) is 4.81. The topological polar surface area (TPSA) is 91.7 Å². The zero-order chi connectivity index (χ0) is 18.4. The Bertz CT molecular complexity index is 681. The van der Waals surface area contributed by atoms with Gasteiger partial charge >= 0.3 is 6.03 Å². The Hall–Kier alpha value is -2.57. The molecule has 0 unspecified atom stereocenters. The Labute approximate surface area is 152 Å². The average molecular weight is 359 g/mol. The smallest absolute Gasteiger partial charge is 0.325 e. The first kappa shape index (κ1) is 18.2. The number of rotatable bonds is 8. The normalized spacial score (nSPS) is 20.1. The molecule has 0 bridgehead atoms. The van der Waals surface area contributed by atoms with Gasteiger partial charge in [0.05, 0.1) is 12.8 Å². The first-order valence-corrected chi connectivity index (χ1v) is 9.22. The molecule has 140 valence electrons. The molecule has 7 nitrogen and oxygen atoms in total. The number of urea groups is 1. The Morgan fingerprint density at radius 2 is 2.23 bits per heavy atom. The third kappa shape index (κ3) is 4.74. The molecule has 26 heavy (non-hydrogen) atoms. The van der Waals surface area contributed by atoms with Crippen LogP contribution in [0, 0.1) is 0 Å². The lowest BCUT2D eigenvalue weighted by Crippen LogP contribution is -2.32. The summed E-state index contributed by atoms with van der Waals surface area (Å²) in [7, 11) is 0. The summed E-state index contributed by atoms with van der Waals surface area (Å²) in [5.74, 6) is 0.142. The molecule has 7 heteroatoms. The summed E-state index contributed by atoms with van der Waals surface area (Å²) in [4.78, 5) is 37.4. The van der Waals surface area contributed by atoms with Gasteiger partial charge in [0.1, 0.15) is 11.8 Å². The number of nitrogens with one attached hydrogen (secondary N) is 2. The van der Waals surface area contributed by atoms with Gasteiger partial charge in [-0.1, -0.05) is 11.6 Å². The van der Waals surface area contributed by atoms with Crippen molar-refractivity contribution in [2.75, 3.05) is 6.54 Å². The molecule has 3 rings (SSSR count). The van der Waals surface area contributed by atoms with Crippen molar-refractivity contribution in [2.45, 2.75) is 57.5 Å². The average Bonchev–Trinajstić information content (AvgIpc) is 3.25. The van der Waals surface area contributed by atoms with Crippen LogP contribution < -0.4 is 10.6 Å². The minimum absolute atomic E-state index is 0.0899. The molecule has 1 aliphatic heterocycles. The number of imide groups is 1. The molecule has 0 spiro atoms. The number of carbonyl (C=O) groups excluding carboxylic acids is 3. The van der Waals surface area contributed by atoms with Gasteiger partial charge in [0, 0.05) is 13.0 Å². The molecule has 4 amide bonds. The molecule has 1 fully saturated rings. The zero-order valence-electron chi connectivity index (χ0n) is 14.8. The molecule has 0 radical (unpaired) electrons. The van der Waals surface area contributed by atoms with Gasteiger partial charge < -0.3 is 15.1 Å². The van der Waals surface area contributed by atoms with Gasteiger partial charge in [-0.3, -0.25) is 14.5 Å². The van der Waals surface area contributed by atoms with Crippen LogP contribution >= 0.6 is 0 Å². The van der Waals surface area contributed by atoms with Gasteiger partial charge in [0.2, 0.25) is 5.91 Å². The molecule has 0 saturated carbocycles. The van der Waals surface area contributed by atoms with Gasteiger partial charge in [-0.15, -0.1) is 0 Å². The molecular weight excluding hydrogens is 334 g/mol. The van der Waals surface area contributed by atoms with Gasteiger partial charge in [-0.05, 0) is 50.7 Å². The molecule has 0 aromatic carbocycles. The molecule has 1 atom stereocenters. The summed E-state index contributed by atoms with van der Waals surface area (Å²) in [6.07, 6.45) is 9.94. The van der Waals surface area contributed by atoms with E-state index in [4.69, 9.17) is 4.42 Å². The van der Waals surface area contributed by atoms with Gasteiger partial charge in [-0.25, -0.2) is 4.79 Å². The van der Waals surface area contributed by atoms with E-state index in [9.17, 15) is 14.4 Å². The maximum absolute atomic E-state index is 12.3. The number of carbonyl (C=O) groups is 3. The van der Waals surface area contributed by atoms with E-state index in [0.29, 0.717) is 18.7 Å². The van der Waals surface area contributed by atoms with Gasteiger partial charge in [0.15, 0.2) is 0 Å². The fourth-order valence-corrected chi connectivity index (χ4v) is 3.34. The van der Waals surface area contributed by atoms with Crippen molar-refractivity contribution in [1.82, 2.24) is 15.5 Å². The highest BCUT2D eigenvalue weighted by atomic mass is 16.3. The maximum atomic E-state index is 12.3. The summed E-state index contributed by atoms with van der Waals surface area (Å²) in [6.45, 7) is 0.732. The monoisotopic (exact) mass is 359 g/mol. The number of allylic oxidation sites excluding steroid dienone is 1. The van der Waals surface area contributed by atoms with Crippen molar-refractivity contribution in [3.63, 3.8) is 0 Å². The Kier molecular flexibility index (Phi) is 6.09. The second kappa shape index (κ2) is 8.69. The highest BCUT2D eigenvalue weighted by Gasteiger charge is 2.38. The lowest BCUT2D eigenvalue weighted by molar-refractivity contribution is -0.128. The maximum Gasteiger partial charge on any atom is 0.325 e. The summed E-state index contributed by atoms with van der Waals surface area (Å²) in [5.41, 5.74) is 1.42. The Morgan fingerprint density at radius 3 is 2.96 bits per heavy atom. The minimum atomic E-state index is -0.649. The van der Waals surface area contributed by atoms with Gasteiger partial charge in [0.25, 0.3) is 5.91 Å². The van der Waals surface area contributed by atoms with Crippen molar-refractivity contribution in [3.8, 4) is 0 Å². The molecule has 2 aliphatic rings. The van der Waals surface area contributed by atoms with Crippen LogP contribution in [0.1, 0.15) is 50.7 Å². The Morgan fingerprint density at radius 1 is 1.35 bits per heavy atom. The van der Waals surface area contributed by atoms with Crippen molar-refractivity contribution < 1.29 is 18.8 Å². The zero-order valence-corrected chi connectivity index (χ0v) is 14.8. The Balaban J connectivity index is 1.38. The van der Waals surface area contributed by atoms with Crippen LogP contribution in [0.25, 0.3) is 0 Å². The predicted octanol–water partition coefficient (Wildman–Crippen LogP) is 2.49. The number of nitrogens with zero attached hydrogens (tertiary/aromatic N) is 1. The fraction of sp³-hybridized carbons (Fsp3) is 0.526. The third-order valence-electron chi connectivity index (χ3n) is 4.81. The largest absolute Gasteiger partial charge is 0.467 e. The number of hydrogen-bond acceptors (Lipinski definition) is 4. The lowest BCUT2D eigenvalue weighted by atomic mass is 9.97. The van der Waals surface area contributed by atoms with Crippen molar-refractivity contribution in [2.24, 2.45) is 0 Å². The molecule has 1 aromatic rings. The van der Waals surface area contributed by atoms with E-state index in [1.165, 1.54) is 24.7 Å². The highest BCUT2D eigenvalue weighted by Crippen LogP contribution is 2.19. The molecule has 1 aliphatic carbocycles. The molecule has 2 N–H and O–H groups in total. The van der Waals surface area contributed by atoms with Crippen LogP contribution in [-0.2, 0) is 16.1 Å². The number of furan rings is 1. The minimum Gasteiger partial charge on any atom is -0.467 e. The number of hydrogen-bond donors (Lipinski definition) is 2. The van der Waals surface area contributed by atoms with E-state index in [2.05, 4.69) is 16.7 Å². The summed E-state index contributed by atoms with van der Waals surface area (Å²) >= 11 is 0. The van der Waals surface area contributed by atoms with Crippen LogP contribution in [0.4, 0.5) is 4.79 Å². The van der Waals surface area contributed by atoms with Crippen molar-refractivity contribution >= 4 is 17.8 Å². The predicted molar refractivity (Wildman–Crippen MR) is 95.0 cm³/mol. The molecular formula is C19H25N3O4. The van der Waals surface area contributed by atoms with E-state index in [1.54, 1.807) is 12.1 Å². The van der Waals surface area contributed by atoms with Crippen LogP contribution in [0.5, 0.6) is 0 Å². The van der Waals surface area contributed by atoms with E-state index in [1.807, 2.05) is 0 Å². The van der Waals surface area contributed by atoms with E-state index in [0.717, 1.165) is 24.2 Å². The SMILES string of the molecule is O=C(CC[C@@H]1NC(=O)N(Cc2ccco2)C1=O)NCCC1=CCCCC1. The standard InChI is InChI=1S/C19H25N3O4/c23-17(20-11-10-14-5-2-1-3-6-14)9-8-16-18(24)22(19(25)21-16)13-15-7-4-12-26-15/h4-5,7,12,16H,1-3,6,8-11,13H2,(H,20,23)(H,21,25)/t16-/m0/s1. The fourth-order valence-electron chi connectivity index (χ4n) is 3.34. The van der Waals surface area contributed by atoms with Crippen LogP contribution in [0.15, 0.2) is 34.5 Å². The second-order valence-corrected chi connectivity index (χ2v) is 6.75. The van der Waals surface area contributed by atoms with E-state index >= 15 is 0 Å². The van der Waals surface area contributed by atoms with Crippen LogP contribution in [0.2, 0.25) is 0 Å². The summed E-state index contributed by atoms with van der Waals surface area (Å²) in [6, 6.07) is 2.33. The second-order valence-electron chi connectivity index (χ2n) is 6.75. The van der Waals surface area contributed by atoms with E-state index in [-0.39, 0.29) is 24.8 Å². The quantitative estimate of drug-likeness (QED) is 0.551. The van der Waals surface area contributed by atoms with Crippen molar-refractivity contribution in [1.29, 1.82) is 0 Å². The van der Waals surface area contributed by atoms with Crippen LogP contribution in [0.3, 0.4) is 0 Å².